The number of rotatable bonds is 9. The molecular weight excluding hydrogens is 430 g/mol. The maximum atomic E-state index is 4.81. The van der Waals surface area contributed by atoms with Crippen LogP contribution < -0.4 is 0 Å². The number of thiazole rings is 1. The van der Waals surface area contributed by atoms with Gasteiger partial charge in [-0.05, 0) is 37.5 Å². The second-order valence-corrected chi connectivity index (χ2v) is 9.83. The van der Waals surface area contributed by atoms with Gasteiger partial charge >= 0.3 is 0 Å². The highest BCUT2D eigenvalue weighted by Crippen LogP contribution is 2.30. The number of thiophene rings is 1. The molecule has 0 bridgehead atoms. The summed E-state index contributed by atoms with van der Waals surface area (Å²) in [5.74, 6) is 1.80. The number of hydrogen-bond donors (Lipinski definition) is 0. The lowest BCUT2D eigenvalue weighted by Gasteiger charge is -2.23. The summed E-state index contributed by atoms with van der Waals surface area (Å²) < 4.78 is 2.26. The molecule has 30 heavy (non-hydrogen) atoms. The van der Waals surface area contributed by atoms with Crippen LogP contribution in [0.2, 0.25) is 0 Å². The van der Waals surface area contributed by atoms with Gasteiger partial charge in [0.05, 0.1) is 18.3 Å². The highest BCUT2D eigenvalue weighted by Gasteiger charge is 2.22. The first-order valence-electron chi connectivity index (χ1n) is 9.89. The fourth-order valence-electron chi connectivity index (χ4n) is 3.38. The van der Waals surface area contributed by atoms with Crippen molar-refractivity contribution in [3.8, 4) is 10.6 Å². The average Bonchev–Trinajstić information content (AvgIpc) is 3.49. The van der Waals surface area contributed by atoms with E-state index in [1.165, 1.54) is 11.1 Å². The van der Waals surface area contributed by atoms with Crippen LogP contribution in [0.3, 0.4) is 0 Å². The molecule has 0 N–H and O–H groups in total. The van der Waals surface area contributed by atoms with Gasteiger partial charge in [0.15, 0.2) is 11.0 Å². The summed E-state index contributed by atoms with van der Waals surface area (Å²) in [7, 11) is 4.20. The molecule has 5 nitrogen and oxygen atoms in total. The minimum absolute atomic E-state index is 0.236. The predicted octanol–water partition coefficient (Wildman–Crippen LogP) is 5.82. The fraction of sp³-hybridized carbons (Fsp3) is 0.318. The largest absolute Gasteiger partial charge is 0.300 e. The first-order chi connectivity index (χ1) is 14.7. The number of thioether (sulfide) groups is 1. The summed E-state index contributed by atoms with van der Waals surface area (Å²) in [4.78, 5) is 7.02. The van der Waals surface area contributed by atoms with Gasteiger partial charge in [-0.15, -0.1) is 21.5 Å². The SMILES string of the molecule is CCC(c1nnc(SCc2csc(-c3ccsc3)n2)n1Cc1ccccc1)N(C)C. The zero-order chi connectivity index (χ0) is 20.9. The van der Waals surface area contributed by atoms with Crippen molar-refractivity contribution in [2.24, 2.45) is 0 Å². The molecule has 0 aliphatic rings. The molecule has 4 aromatic rings. The van der Waals surface area contributed by atoms with Crippen molar-refractivity contribution in [1.29, 1.82) is 0 Å². The first kappa shape index (κ1) is 21.2. The van der Waals surface area contributed by atoms with Gasteiger partial charge in [-0.2, -0.15) is 11.3 Å². The minimum atomic E-state index is 0.236. The lowest BCUT2D eigenvalue weighted by Crippen LogP contribution is -2.23. The quantitative estimate of drug-likeness (QED) is 0.298. The second-order valence-electron chi connectivity index (χ2n) is 7.24. The lowest BCUT2D eigenvalue weighted by atomic mass is 10.2. The summed E-state index contributed by atoms with van der Waals surface area (Å²) >= 11 is 5.11. The highest BCUT2D eigenvalue weighted by molar-refractivity contribution is 7.98. The van der Waals surface area contributed by atoms with E-state index in [0.717, 1.165) is 40.4 Å². The molecule has 4 rings (SSSR count). The Balaban J connectivity index is 1.57. The molecule has 1 unspecified atom stereocenters. The molecule has 0 radical (unpaired) electrons. The first-order valence-corrected chi connectivity index (χ1v) is 12.7. The Morgan fingerprint density at radius 1 is 1.10 bits per heavy atom. The van der Waals surface area contributed by atoms with Crippen molar-refractivity contribution in [3.05, 3.63) is 69.6 Å². The summed E-state index contributed by atoms with van der Waals surface area (Å²) in [6.45, 7) is 2.97. The van der Waals surface area contributed by atoms with E-state index in [9.17, 15) is 0 Å². The molecule has 0 spiro atoms. The lowest BCUT2D eigenvalue weighted by molar-refractivity contribution is 0.272. The van der Waals surface area contributed by atoms with Crippen molar-refractivity contribution >= 4 is 34.4 Å². The standard InChI is InChI=1S/C22H25N5S3/c1-4-19(26(2)3)20-24-25-22(27(20)12-16-8-6-5-7-9-16)30-15-18-14-29-21(23-18)17-10-11-28-13-17/h5-11,13-14,19H,4,12,15H2,1-3H3. The Bertz CT molecular complexity index is 1050. The number of nitrogens with zero attached hydrogens (tertiary/aromatic N) is 5. The van der Waals surface area contributed by atoms with E-state index in [-0.39, 0.29) is 6.04 Å². The third kappa shape index (κ3) is 4.83. The third-order valence-corrected chi connectivity index (χ3v) is 7.53. The van der Waals surface area contributed by atoms with Gasteiger partial charge in [-0.3, -0.25) is 4.90 Å². The van der Waals surface area contributed by atoms with Gasteiger partial charge in [-0.25, -0.2) is 4.98 Å². The number of benzene rings is 1. The normalized spacial score (nSPS) is 12.5. The van der Waals surface area contributed by atoms with E-state index in [1.807, 2.05) is 6.07 Å². The predicted molar refractivity (Wildman–Crippen MR) is 127 cm³/mol. The molecule has 156 valence electrons. The van der Waals surface area contributed by atoms with Gasteiger partial charge in [0.1, 0.15) is 5.01 Å². The molecular formula is C22H25N5S3. The van der Waals surface area contributed by atoms with Crippen LogP contribution in [-0.4, -0.2) is 38.7 Å². The summed E-state index contributed by atoms with van der Waals surface area (Å²) in [6.07, 6.45) is 0.987. The molecule has 0 aliphatic carbocycles. The van der Waals surface area contributed by atoms with Crippen LogP contribution in [0.4, 0.5) is 0 Å². The zero-order valence-electron chi connectivity index (χ0n) is 17.4. The minimum Gasteiger partial charge on any atom is -0.300 e. The molecule has 3 aromatic heterocycles. The van der Waals surface area contributed by atoms with E-state index >= 15 is 0 Å². The molecule has 8 heteroatoms. The number of aromatic nitrogens is 4. The molecule has 0 saturated heterocycles. The van der Waals surface area contributed by atoms with Crippen molar-refractivity contribution in [1.82, 2.24) is 24.6 Å². The summed E-state index contributed by atoms with van der Waals surface area (Å²) in [6, 6.07) is 12.9. The van der Waals surface area contributed by atoms with E-state index in [4.69, 9.17) is 4.98 Å². The van der Waals surface area contributed by atoms with Crippen LogP contribution in [0.1, 0.15) is 36.5 Å². The Kier molecular flexibility index (Phi) is 6.99. The Labute approximate surface area is 189 Å². The van der Waals surface area contributed by atoms with Crippen LogP contribution in [0.5, 0.6) is 0 Å². The average molecular weight is 456 g/mol. The monoisotopic (exact) mass is 455 g/mol. The van der Waals surface area contributed by atoms with Crippen LogP contribution in [0.15, 0.2) is 57.7 Å². The smallest absolute Gasteiger partial charge is 0.191 e. The Morgan fingerprint density at radius 2 is 1.93 bits per heavy atom. The summed E-state index contributed by atoms with van der Waals surface area (Å²) in [5.41, 5.74) is 3.54. The molecule has 1 atom stereocenters. The van der Waals surface area contributed by atoms with Crippen molar-refractivity contribution < 1.29 is 0 Å². The Morgan fingerprint density at radius 3 is 2.63 bits per heavy atom. The van der Waals surface area contributed by atoms with Crippen LogP contribution in [0.25, 0.3) is 10.6 Å². The van der Waals surface area contributed by atoms with E-state index in [2.05, 4.69) is 87.2 Å². The highest BCUT2D eigenvalue weighted by atomic mass is 32.2. The van der Waals surface area contributed by atoms with Gasteiger partial charge in [0, 0.05) is 22.1 Å². The fourth-order valence-corrected chi connectivity index (χ4v) is 5.85. The molecule has 0 amide bonds. The molecule has 0 aliphatic heterocycles. The Hall–Kier alpha value is -2.00. The molecule has 0 fully saturated rings. The van der Waals surface area contributed by atoms with Gasteiger partial charge < -0.3 is 4.57 Å². The number of hydrogen-bond acceptors (Lipinski definition) is 7. The van der Waals surface area contributed by atoms with Gasteiger partial charge in [0.2, 0.25) is 0 Å². The summed E-state index contributed by atoms with van der Waals surface area (Å²) in [5, 5.41) is 17.6. The van der Waals surface area contributed by atoms with E-state index in [0.29, 0.717) is 0 Å². The van der Waals surface area contributed by atoms with Crippen molar-refractivity contribution in [2.75, 3.05) is 14.1 Å². The maximum absolute atomic E-state index is 4.81. The van der Waals surface area contributed by atoms with Gasteiger partial charge in [0.25, 0.3) is 0 Å². The molecule has 1 aromatic carbocycles. The second kappa shape index (κ2) is 9.87. The molecule has 3 heterocycles. The molecule has 0 saturated carbocycles. The maximum Gasteiger partial charge on any atom is 0.191 e. The van der Waals surface area contributed by atoms with Crippen molar-refractivity contribution in [2.45, 2.75) is 36.8 Å². The van der Waals surface area contributed by atoms with Crippen LogP contribution in [-0.2, 0) is 12.3 Å². The van der Waals surface area contributed by atoms with Crippen LogP contribution >= 0.6 is 34.4 Å². The van der Waals surface area contributed by atoms with Crippen LogP contribution in [0, 0.1) is 0 Å². The van der Waals surface area contributed by atoms with E-state index < -0.39 is 0 Å². The third-order valence-electron chi connectivity index (χ3n) is 4.91. The van der Waals surface area contributed by atoms with Gasteiger partial charge in [-0.1, -0.05) is 49.0 Å². The van der Waals surface area contributed by atoms with Crippen molar-refractivity contribution in [3.63, 3.8) is 0 Å². The van der Waals surface area contributed by atoms with E-state index in [1.54, 1.807) is 34.4 Å². The topological polar surface area (TPSA) is 46.8 Å². The zero-order valence-corrected chi connectivity index (χ0v) is 19.8.